The molecule has 13 heavy (non-hydrogen) atoms. The molecule has 76 valence electrons. The lowest BCUT2D eigenvalue weighted by molar-refractivity contribution is -0.853. The maximum Gasteiger partial charge on any atom is 0.414 e. The average molecular weight is 186 g/mol. The fourth-order valence-electron chi connectivity index (χ4n) is 1.83. The number of likely N-dealkylation sites (tertiary alicyclic amines) is 1. The van der Waals surface area contributed by atoms with E-state index in [0.29, 0.717) is 19.0 Å². The number of unbranched alkanes of at least 4 members (excludes halogenated alkanes) is 2. The summed E-state index contributed by atoms with van der Waals surface area (Å²) in [6, 6.07) is -0.730. The predicted molar refractivity (Wildman–Crippen MR) is 50.6 cm³/mol. The van der Waals surface area contributed by atoms with Crippen LogP contribution < -0.4 is 5.73 Å². The molecule has 0 aromatic carbocycles. The standard InChI is InChI=1S/C9H18N2O2/c1-2-3-4-5-8-6-11(13,7-8)9(10)12/h8H,2-7H2,1H3,(H2,10,12). The van der Waals surface area contributed by atoms with Crippen molar-refractivity contribution in [2.45, 2.75) is 32.6 Å². The summed E-state index contributed by atoms with van der Waals surface area (Å²) < 4.78 is -0.795. The number of hydrogen-bond donors (Lipinski definition) is 1. The van der Waals surface area contributed by atoms with E-state index in [1.54, 1.807) is 0 Å². The summed E-state index contributed by atoms with van der Waals surface area (Å²) in [6.07, 6.45) is 4.65. The van der Waals surface area contributed by atoms with Gasteiger partial charge in [0.25, 0.3) is 0 Å². The molecule has 0 atom stereocenters. The van der Waals surface area contributed by atoms with Gasteiger partial charge in [0.2, 0.25) is 0 Å². The van der Waals surface area contributed by atoms with Gasteiger partial charge in [0, 0.05) is 0 Å². The third kappa shape index (κ3) is 2.42. The molecule has 1 fully saturated rings. The van der Waals surface area contributed by atoms with Crippen molar-refractivity contribution in [3.05, 3.63) is 5.21 Å². The zero-order chi connectivity index (χ0) is 9.90. The lowest BCUT2D eigenvalue weighted by atomic mass is 9.93. The van der Waals surface area contributed by atoms with E-state index in [9.17, 15) is 10.0 Å². The summed E-state index contributed by atoms with van der Waals surface area (Å²) in [5.74, 6) is 0.427. The number of urea groups is 1. The Bertz CT molecular complexity index is 188. The van der Waals surface area contributed by atoms with Crippen LogP contribution in [0.25, 0.3) is 0 Å². The van der Waals surface area contributed by atoms with E-state index < -0.39 is 10.7 Å². The SMILES string of the molecule is CCCCCC1C[N+]([O-])(C(N)=O)C1. The Morgan fingerprint density at radius 3 is 2.62 bits per heavy atom. The Kier molecular flexibility index (Phi) is 3.27. The van der Waals surface area contributed by atoms with Crippen molar-refractivity contribution in [2.75, 3.05) is 13.1 Å². The Hall–Kier alpha value is -0.610. The van der Waals surface area contributed by atoms with Gasteiger partial charge in [-0.1, -0.05) is 26.2 Å². The molecule has 0 unspecified atom stereocenters. The van der Waals surface area contributed by atoms with Gasteiger partial charge >= 0.3 is 6.03 Å². The van der Waals surface area contributed by atoms with E-state index in [2.05, 4.69) is 6.92 Å². The molecular formula is C9H18N2O2. The summed E-state index contributed by atoms with van der Waals surface area (Å²) in [6.45, 7) is 2.95. The molecule has 1 aliphatic rings. The van der Waals surface area contributed by atoms with E-state index >= 15 is 0 Å². The number of carbonyl (C=O) groups excluding carboxylic acids is 1. The second-order valence-corrected chi connectivity index (χ2v) is 3.95. The Morgan fingerprint density at radius 1 is 1.54 bits per heavy atom. The number of nitrogens with two attached hydrogens (primary N) is 1. The van der Waals surface area contributed by atoms with Gasteiger partial charge in [-0.05, 0) is 6.42 Å². The Labute approximate surface area is 78.9 Å². The highest BCUT2D eigenvalue weighted by molar-refractivity contribution is 5.65. The zero-order valence-corrected chi connectivity index (χ0v) is 8.16. The van der Waals surface area contributed by atoms with Gasteiger partial charge in [-0.2, -0.15) is 0 Å². The van der Waals surface area contributed by atoms with Crippen LogP contribution >= 0.6 is 0 Å². The number of primary amides is 1. The normalized spacial score (nSPS) is 32.6. The number of amides is 2. The zero-order valence-electron chi connectivity index (χ0n) is 8.16. The van der Waals surface area contributed by atoms with Crippen molar-refractivity contribution in [3.8, 4) is 0 Å². The predicted octanol–water partition coefficient (Wildman–Crippen LogP) is 1.59. The van der Waals surface area contributed by atoms with Crippen molar-refractivity contribution in [1.82, 2.24) is 0 Å². The van der Waals surface area contributed by atoms with Crippen LogP contribution in [-0.4, -0.2) is 23.8 Å². The molecule has 4 nitrogen and oxygen atoms in total. The van der Waals surface area contributed by atoms with Crippen molar-refractivity contribution >= 4 is 6.03 Å². The molecule has 1 heterocycles. The van der Waals surface area contributed by atoms with Gasteiger partial charge in [0.05, 0.1) is 19.0 Å². The van der Waals surface area contributed by atoms with Crippen LogP contribution in [0.4, 0.5) is 4.79 Å². The van der Waals surface area contributed by atoms with E-state index in [1.807, 2.05) is 0 Å². The topological polar surface area (TPSA) is 66.2 Å². The molecule has 0 aliphatic carbocycles. The first-order valence-corrected chi connectivity index (χ1v) is 4.96. The van der Waals surface area contributed by atoms with Gasteiger partial charge in [-0.15, -0.1) is 0 Å². The van der Waals surface area contributed by atoms with E-state index in [1.165, 1.54) is 19.3 Å². The summed E-state index contributed by atoms with van der Waals surface area (Å²) in [5, 5.41) is 11.4. The molecule has 0 spiro atoms. The molecule has 2 N–H and O–H groups in total. The van der Waals surface area contributed by atoms with Crippen molar-refractivity contribution in [3.63, 3.8) is 0 Å². The molecular weight excluding hydrogens is 168 g/mol. The monoisotopic (exact) mass is 186 g/mol. The van der Waals surface area contributed by atoms with Crippen LogP contribution in [0.1, 0.15) is 32.6 Å². The van der Waals surface area contributed by atoms with Gasteiger partial charge < -0.3 is 10.9 Å². The smallest absolute Gasteiger partial charge is 0.414 e. The quantitative estimate of drug-likeness (QED) is 0.411. The second kappa shape index (κ2) is 4.07. The number of rotatable bonds is 4. The molecule has 1 saturated heterocycles. The van der Waals surface area contributed by atoms with Crippen LogP contribution in [0.15, 0.2) is 0 Å². The molecule has 0 radical (unpaired) electrons. The molecule has 0 aromatic rings. The lowest BCUT2D eigenvalue weighted by Crippen LogP contribution is -2.64. The fourth-order valence-corrected chi connectivity index (χ4v) is 1.83. The maximum absolute atomic E-state index is 11.4. The van der Waals surface area contributed by atoms with E-state index in [0.717, 1.165) is 6.42 Å². The number of hydroxylamine groups is 3. The van der Waals surface area contributed by atoms with Gasteiger partial charge in [-0.3, -0.25) is 4.65 Å². The van der Waals surface area contributed by atoms with Crippen molar-refractivity contribution < 1.29 is 9.44 Å². The molecule has 0 aromatic heterocycles. The van der Waals surface area contributed by atoms with Crippen LogP contribution in [0, 0.1) is 11.1 Å². The van der Waals surface area contributed by atoms with Crippen LogP contribution in [0.2, 0.25) is 0 Å². The highest BCUT2D eigenvalue weighted by Gasteiger charge is 2.41. The summed E-state index contributed by atoms with van der Waals surface area (Å²) >= 11 is 0. The minimum atomic E-state index is -0.795. The largest absolute Gasteiger partial charge is 0.624 e. The highest BCUT2D eigenvalue weighted by atomic mass is 16.6. The van der Waals surface area contributed by atoms with E-state index in [4.69, 9.17) is 5.73 Å². The molecule has 0 saturated carbocycles. The molecule has 1 aliphatic heterocycles. The summed E-state index contributed by atoms with van der Waals surface area (Å²) in [7, 11) is 0. The summed E-state index contributed by atoms with van der Waals surface area (Å²) in [5.41, 5.74) is 4.97. The van der Waals surface area contributed by atoms with Crippen molar-refractivity contribution in [2.24, 2.45) is 11.7 Å². The molecule has 4 heteroatoms. The van der Waals surface area contributed by atoms with E-state index in [-0.39, 0.29) is 0 Å². The minimum absolute atomic E-state index is 0.402. The lowest BCUT2D eigenvalue weighted by Gasteiger charge is -2.50. The Morgan fingerprint density at radius 2 is 2.15 bits per heavy atom. The first-order chi connectivity index (χ1) is 6.08. The van der Waals surface area contributed by atoms with Crippen LogP contribution in [0.5, 0.6) is 0 Å². The number of nitrogens with zero attached hydrogens (tertiary/aromatic N) is 1. The fraction of sp³-hybridized carbons (Fsp3) is 0.889. The minimum Gasteiger partial charge on any atom is -0.624 e. The van der Waals surface area contributed by atoms with Gasteiger partial charge in [0.1, 0.15) is 0 Å². The second-order valence-electron chi connectivity index (χ2n) is 3.95. The molecule has 2 amide bonds. The van der Waals surface area contributed by atoms with Crippen LogP contribution in [0.3, 0.4) is 0 Å². The number of quaternary nitrogens is 1. The first kappa shape index (κ1) is 10.5. The van der Waals surface area contributed by atoms with Gasteiger partial charge in [-0.25, -0.2) is 4.79 Å². The molecule has 1 rings (SSSR count). The third-order valence-corrected chi connectivity index (χ3v) is 2.72. The maximum atomic E-state index is 11.4. The Balaban J connectivity index is 2.14. The highest BCUT2D eigenvalue weighted by Crippen LogP contribution is 2.28. The molecule has 0 bridgehead atoms. The average Bonchev–Trinajstić information content (AvgIpc) is 2.01. The third-order valence-electron chi connectivity index (χ3n) is 2.72. The van der Waals surface area contributed by atoms with Crippen LogP contribution in [-0.2, 0) is 0 Å². The number of carbonyl (C=O) groups is 1. The first-order valence-electron chi connectivity index (χ1n) is 4.96. The van der Waals surface area contributed by atoms with Gasteiger partial charge in [0.15, 0.2) is 0 Å². The summed E-state index contributed by atoms with van der Waals surface area (Å²) in [4.78, 5) is 10.7. The van der Waals surface area contributed by atoms with Crippen molar-refractivity contribution in [1.29, 1.82) is 0 Å². The number of hydrogen-bond acceptors (Lipinski definition) is 2.